The lowest BCUT2D eigenvalue weighted by Crippen LogP contribution is -2.19. The van der Waals surface area contributed by atoms with Gasteiger partial charge in [-0.15, -0.1) is 0 Å². The Bertz CT molecular complexity index is 926. The minimum atomic E-state index is -0.608. The van der Waals surface area contributed by atoms with Gasteiger partial charge in [0, 0.05) is 29.8 Å². The second-order valence-corrected chi connectivity index (χ2v) is 5.42. The number of nitrogens with zero attached hydrogens (tertiary/aromatic N) is 3. The molecular formula is C17H16N4O7. The molecule has 1 N–H and O–H groups in total. The Labute approximate surface area is 158 Å². The summed E-state index contributed by atoms with van der Waals surface area (Å²) in [7, 11) is 2.68. The number of carbonyl (C=O) groups excluding carboxylic acids is 1. The number of hydrogen-bond donors (Lipinski definition) is 1. The lowest BCUT2D eigenvalue weighted by molar-refractivity contribution is -0.385. The zero-order chi connectivity index (χ0) is 20.7. The number of hydrogen-bond acceptors (Lipinski definition) is 8. The van der Waals surface area contributed by atoms with Gasteiger partial charge in [0.05, 0.1) is 36.7 Å². The summed E-state index contributed by atoms with van der Waals surface area (Å²) in [5, 5.41) is 25.5. The lowest BCUT2D eigenvalue weighted by Gasteiger charge is -2.08. The number of benzene rings is 2. The summed E-state index contributed by atoms with van der Waals surface area (Å²) < 4.78 is 10.1. The first kappa shape index (κ1) is 20.3. The Morgan fingerprint density at radius 3 is 2.25 bits per heavy atom. The molecule has 0 heterocycles. The maximum Gasteiger partial charge on any atom is 0.311 e. The topological polar surface area (TPSA) is 146 Å². The highest BCUT2D eigenvalue weighted by atomic mass is 16.6. The SMILES string of the molecule is COc1cc(OC)c([N+](=O)[O-])cc1/C=N\NC(=O)Cc1ccc([N+](=O)[O-])cc1. The summed E-state index contributed by atoms with van der Waals surface area (Å²) in [5.74, 6) is -0.163. The fraction of sp³-hybridized carbons (Fsp3) is 0.176. The van der Waals surface area contributed by atoms with E-state index in [1.807, 2.05) is 0 Å². The van der Waals surface area contributed by atoms with Gasteiger partial charge in [-0.05, 0) is 5.56 Å². The third kappa shape index (κ3) is 5.00. The van der Waals surface area contributed by atoms with Gasteiger partial charge in [-0.25, -0.2) is 5.43 Å². The largest absolute Gasteiger partial charge is 0.496 e. The van der Waals surface area contributed by atoms with Gasteiger partial charge in [0.15, 0.2) is 0 Å². The Morgan fingerprint density at radius 1 is 1.07 bits per heavy atom. The fourth-order valence-corrected chi connectivity index (χ4v) is 2.28. The number of hydrazone groups is 1. The third-order valence-electron chi connectivity index (χ3n) is 3.63. The van der Waals surface area contributed by atoms with Crippen LogP contribution < -0.4 is 14.9 Å². The molecule has 11 nitrogen and oxygen atoms in total. The maximum absolute atomic E-state index is 11.9. The Balaban J connectivity index is 2.08. The van der Waals surface area contributed by atoms with Crippen molar-refractivity contribution in [2.45, 2.75) is 6.42 Å². The number of nitro groups is 2. The standard InChI is InChI=1S/C17H16N4O7/c1-27-15-9-16(28-2)14(21(25)26)8-12(15)10-18-19-17(22)7-11-3-5-13(6-4-11)20(23)24/h3-6,8-10H,7H2,1-2H3,(H,19,22)/b18-10-. The number of ether oxygens (including phenoxy) is 2. The highest BCUT2D eigenvalue weighted by Crippen LogP contribution is 2.33. The third-order valence-corrected chi connectivity index (χ3v) is 3.63. The first-order chi connectivity index (χ1) is 13.3. The van der Waals surface area contributed by atoms with E-state index in [0.29, 0.717) is 5.56 Å². The molecule has 0 atom stereocenters. The summed E-state index contributed by atoms with van der Waals surface area (Å²) in [5.41, 5.74) is 2.77. The van der Waals surface area contributed by atoms with Crippen molar-refractivity contribution in [1.82, 2.24) is 5.43 Å². The predicted octanol–water partition coefficient (Wildman–Crippen LogP) is 2.21. The molecule has 1 amide bonds. The predicted molar refractivity (Wildman–Crippen MR) is 98.7 cm³/mol. The first-order valence-corrected chi connectivity index (χ1v) is 7.81. The number of rotatable bonds is 8. The molecule has 0 saturated heterocycles. The Hall–Kier alpha value is -4.02. The molecule has 2 aromatic carbocycles. The van der Waals surface area contributed by atoms with Crippen LogP contribution in [0.1, 0.15) is 11.1 Å². The molecule has 0 bridgehead atoms. The van der Waals surface area contributed by atoms with Crippen molar-refractivity contribution in [2.75, 3.05) is 14.2 Å². The van der Waals surface area contributed by atoms with Crippen LogP contribution in [0.4, 0.5) is 11.4 Å². The monoisotopic (exact) mass is 388 g/mol. The highest BCUT2D eigenvalue weighted by Gasteiger charge is 2.19. The molecule has 2 aromatic rings. The van der Waals surface area contributed by atoms with Crippen LogP contribution in [0.5, 0.6) is 11.5 Å². The number of non-ortho nitro benzene ring substituents is 1. The molecule has 11 heteroatoms. The average Bonchev–Trinajstić information content (AvgIpc) is 2.67. The van der Waals surface area contributed by atoms with Gasteiger partial charge >= 0.3 is 5.69 Å². The minimum absolute atomic E-state index is 0.0289. The molecule has 0 radical (unpaired) electrons. The summed E-state index contributed by atoms with van der Waals surface area (Å²) >= 11 is 0. The minimum Gasteiger partial charge on any atom is -0.496 e. The van der Waals surface area contributed by atoms with Gasteiger partial charge in [-0.1, -0.05) is 12.1 Å². The van der Waals surface area contributed by atoms with E-state index in [1.165, 1.54) is 56.8 Å². The Kier molecular flexibility index (Phi) is 6.58. The summed E-state index contributed by atoms with van der Waals surface area (Å²) in [6, 6.07) is 8.09. The van der Waals surface area contributed by atoms with Gasteiger partial charge in [0.25, 0.3) is 5.69 Å². The van der Waals surface area contributed by atoms with E-state index in [2.05, 4.69) is 10.5 Å². The first-order valence-electron chi connectivity index (χ1n) is 7.81. The van der Waals surface area contributed by atoms with Crippen LogP contribution in [-0.4, -0.2) is 36.2 Å². The summed E-state index contributed by atoms with van der Waals surface area (Å²) in [6.45, 7) is 0. The normalized spacial score (nSPS) is 10.5. The van der Waals surface area contributed by atoms with E-state index in [0.717, 1.165) is 0 Å². The second-order valence-electron chi connectivity index (χ2n) is 5.42. The second kappa shape index (κ2) is 9.07. The maximum atomic E-state index is 11.9. The molecule has 2 rings (SSSR count). The smallest absolute Gasteiger partial charge is 0.311 e. The molecule has 0 unspecified atom stereocenters. The van der Waals surface area contributed by atoms with E-state index in [-0.39, 0.29) is 34.9 Å². The molecule has 0 aliphatic rings. The van der Waals surface area contributed by atoms with E-state index in [1.54, 1.807) is 0 Å². The number of carbonyl (C=O) groups is 1. The number of nitro benzene ring substituents is 2. The van der Waals surface area contributed by atoms with Crippen LogP contribution in [0, 0.1) is 20.2 Å². The molecule has 0 spiro atoms. The van der Waals surface area contributed by atoms with E-state index in [9.17, 15) is 25.0 Å². The van der Waals surface area contributed by atoms with Gasteiger partial charge in [0.1, 0.15) is 5.75 Å². The number of amides is 1. The zero-order valence-electron chi connectivity index (χ0n) is 14.9. The van der Waals surface area contributed by atoms with Crippen molar-refractivity contribution in [3.63, 3.8) is 0 Å². The van der Waals surface area contributed by atoms with Crippen molar-refractivity contribution in [3.05, 3.63) is 67.8 Å². The number of methoxy groups -OCH3 is 2. The summed E-state index contributed by atoms with van der Waals surface area (Å²) in [4.78, 5) is 32.5. The van der Waals surface area contributed by atoms with Crippen LogP contribution in [0.2, 0.25) is 0 Å². The van der Waals surface area contributed by atoms with Crippen molar-refractivity contribution >= 4 is 23.5 Å². The average molecular weight is 388 g/mol. The molecule has 28 heavy (non-hydrogen) atoms. The van der Waals surface area contributed by atoms with Crippen LogP contribution in [0.15, 0.2) is 41.5 Å². The highest BCUT2D eigenvalue weighted by molar-refractivity contribution is 5.87. The van der Waals surface area contributed by atoms with E-state index in [4.69, 9.17) is 9.47 Å². The zero-order valence-corrected chi connectivity index (χ0v) is 14.9. The lowest BCUT2D eigenvalue weighted by atomic mass is 10.1. The van der Waals surface area contributed by atoms with Crippen LogP contribution in [-0.2, 0) is 11.2 Å². The number of nitrogens with one attached hydrogen (secondary N) is 1. The molecule has 0 aliphatic heterocycles. The van der Waals surface area contributed by atoms with Crippen molar-refractivity contribution in [3.8, 4) is 11.5 Å². The van der Waals surface area contributed by atoms with Gasteiger partial charge in [0.2, 0.25) is 11.7 Å². The van der Waals surface area contributed by atoms with Gasteiger partial charge in [-0.2, -0.15) is 5.10 Å². The molecular weight excluding hydrogens is 372 g/mol. The van der Waals surface area contributed by atoms with Crippen molar-refractivity contribution in [2.24, 2.45) is 5.10 Å². The van der Waals surface area contributed by atoms with Crippen molar-refractivity contribution in [1.29, 1.82) is 0 Å². The van der Waals surface area contributed by atoms with Gasteiger partial charge < -0.3 is 9.47 Å². The van der Waals surface area contributed by atoms with E-state index >= 15 is 0 Å². The summed E-state index contributed by atoms with van der Waals surface area (Å²) in [6.07, 6.45) is 1.16. The van der Waals surface area contributed by atoms with Crippen LogP contribution >= 0.6 is 0 Å². The fourth-order valence-electron chi connectivity index (χ4n) is 2.28. The molecule has 146 valence electrons. The molecule has 0 saturated carbocycles. The molecule has 0 fully saturated rings. The molecule has 0 aliphatic carbocycles. The van der Waals surface area contributed by atoms with Gasteiger partial charge in [-0.3, -0.25) is 25.0 Å². The van der Waals surface area contributed by atoms with Crippen LogP contribution in [0.25, 0.3) is 0 Å². The molecule has 0 aromatic heterocycles. The van der Waals surface area contributed by atoms with E-state index < -0.39 is 15.8 Å². The van der Waals surface area contributed by atoms with Crippen molar-refractivity contribution < 1.29 is 24.1 Å². The quantitative estimate of drug-likeness (QED) is 0.414. The van der Waals surface area contributed by atoms with Crippen LogP contribution in [0.3, 0.4) is 0 Å². The Morgan fingerprint density at radius 2 is 1.71 bits per heavy atom.